The van der Waals surface area contributed by atoms with E-state index in [0.717, 1.165) is 0 Å². The van der Waals surface area contributed by atoms with Gasteiger partial charge in [0, 0.05) is 6.61 Å². The zero-order chi connectivity index (χ0) is 6.28. The van der Waals surface area contributed by atoms with Crippen molar-refractivity contribution in [2.45, 2.75) is 6.92 Å². The van der Waals surface area contributed by atoms with Crippen LogP contribution in [0.1, 0.15) is 6.92 Å². The molecule has 9 heavy (non-hydrogen) atoms. The molecule has 4 heteroatoms. The van der Waals surface area contributed by atoms with E-state index in [0.29, 0.717) is 0 Å². The lowest BCUT2D eigenvalue weighted by molar-refractivity contribution is 0.318. The van der Waals surface area contributed by atoms with Gasteiger partial charge in [0.05, 0.1) is 0 Å². The molecule has 0 unspecified atom stereocenters. The summed E-state index contributed by atoms with van der Waals surface area (Å²) >= 11 is 0. The Labute approximate surface area is 57.4 Å². The molecule has 0 aromatic carbocycles. The molecule has 62 valence electrons. The normalized spacial score (nSPS) is 6.00. The van der Waals surface area contributed by atoms with Crippen LogP contribution in [0.2, 0.25) is 0 Å². The minimum Gasteiger partial charge on any atom is -0.412 e. The van der Waals surface area contributed by atoms with Crippen LogP contribution < -0.4 is 6.15 Å². The molecule has 0 heterocycles. The fourth-order valence-corrected chi connectivity index (χ4v) is 0. The van der Waals surface area contributed by atoms with Crippen LogP contribution in [-0.2, 0) is 0 Å². The third-order valence-electron chi connectivity index (χ3n) is 0. The van der Waals surface area contributed by atoms with E-state index in [1.165, 1.54) is 0 Å². The molecule has 0 aliphatic carbocycles. The van der Waals surface area contributed by atoms with Gasteiger partial charge in [-0.3, -0.25) is 0 Å². The number of rotatable bonds is 0. The van der Waals surface area contributed by atoms with Crippen molar-refractivity contribution in [2.75, 3.05) is 27.7 Å². The highest BCUT2D eigenvalue weighted by atomic mass is 16.2. The summed E-state index contributed by atoms with van der Waals surface area (Å²) < 4.78 is 0. The van der Waals surface area contributed by atoms with E-state index in [4.69, 9.17) is 5.11 Å². The van der Waals surface area contributed by atoms with Gasteiger partial charge in [0.25, 0.3) is 0 Å². The van der Waals surface area contributed by atoms with Gasteiger partial charge < -0.3 is 21.6 Å². The number of aliphatic hydroxyl groups excluding tert-OH is 1. The first kappa shape index (κ1) is 23.2. The topological polar surface area (TPSA) is 90.0 Å². The van der Waals surface area contributed by atoms with Gasteiger partial charge in [-0.2, -0.15) is 0 Å². The molecule has 0 rings (SSSR count). The second-order valence-electron chi connectivity index (χ2n) is 1.66. The van der Waals surface area contributed by atoms with Gasteiger partial charge >= 0.3 is 0 Å². The lowest BCUT2D eigenvalue weighted by atomic mass is 10.9. The summed E-state index contributed by atoms with van der Waals surface area (Å²) in [6.07, 6.45) is 0. The molecule has 6 N–H and O–H groups in total. The highest BCUT2D eigenvalue weighted by molar-refractivity contribution is 4.09. The van der Waals surface area contributed by atoms with Crippen molar-refractivity contribution in [1.82, 2.24) is 11.1 Å². The van der Waals surface area contributed by atoms with Crippen molar-refractivity contribution < 1.29 is 10.6 Å². The molecule has 0 aromatic heterocycles. The molecule has 0 atom stereocenters. The van der Waals surface area contributed by atoms with E-state index in [1.54, 1.807) is 6.92 Å². The lowest BCUT2D eigenvalue weighted by Crippen LogP contribution is -1.99. The SMILES string of the molecule is CCO.CN(C)C.N.O. The van der Waals surface area contributed by atoms with Gasteiger partial charge in [-0.25, -0.2) is 0 Å². The first-order chi connectivity index (χ1) is 3.15. The number of aliphatic hydroxyl groups is 1. The van der Waals surface area contributed by atoms with Crippen LogP contribution >= 0.6 is 0 Å². The van der Waals surface area contributed by atoms with E-state index in [-0.39, 0.29) is 18.2 Å². The van der Waals surface area contributed by atoms with Gasteiger partial charge in [0.1, 0.15) is 0 Å². The van der Waals surface area contributed by atoms with E-state index >= 15 is 0 Å². The van der Waals surface area contributed by atoms with Crippen LogP contribution in [0.4, 0.5) is 0 Å². The predicted molar refractivity (Wildman–Crippen MR) is 41.0 cm³/mol. The van der Waals surface area contributed by atoms with E-state index in [9.17, 15) is 0 Å². The molecule has 0 saturated heterocycles. The summed E-state index contributed by atoms with van der Waals surface area (Å²) in [5, 5.41) is 7.57. The Morgan fingerprint density at radius 2 is 1.22 bits per heavy atom. The van der Waals surface area contributed by atoms with Gasteiger partial charge in [-0.05, 0) is 28.1 Å². The van der Waals surface area contributed by atoms with Gasteiger partial charge in [0.15, 0.2) is 0 Å². The molecular weight excluding hydrogens is 120 g/mol. The number of hydrogen-bond acceptors (Lipinski definition) is 3. The summed E-state index contributed by atoms with van der Waals surface area (Å²) in [7, 11) is 6.00. The van der Waals surface area contributed by atoms with Crippen LogP contribution in [0.5, 0.6) is 0 Å². The van der Waals surface area contributed by atoms with Crippen LogP contribution in [0.25, 0.3) is 0 Å². The Morgan fingerprint density at radius 3 is 1.22 bits per heavy atom. The summed E-state index contributed by atoms with van der Waals surface area (Å²) in [6, 6.07) is 0. The summed E-state index contributed by atoms with van der Waals surface area (Å²) in [6.45, 7) is 1.93. The minimum absolute atomic E-state index is 0. The van der Waals surface area contributed by atoms with Crippen molar-refractivity contribution in [2.24, 2.45) is 0 Å². The molecule has 0 spiro atoms. The molecule has 0 saturated carbocycles. The zero-order valence-corrected chi connectivity index (χ0v) is 6.81. The maximum absolute atomic E-state index is 7.57. The molecular formula is C5H20N2O2. The largest absolute Gasteiger partial charge is 0.412 e. The summed E-state index contributed by atoms with van der Waals surface area (Å²) in [4.78, 5) is 2.00. The van der Waals surface area contributed by atoms with Crippen molar-refractivity contribution in [3.8, 4) is 0 Å². The molecule has 0 aliphatic rings. The number of nitrogens with zero attached hydrogens (tertiary/aromatic N) is 1. The Bertz CT molecular complexity index is 24.2. The highest BCUT2D eigenvalue weighted by Gasteiger charge is 1.58. The van der Waals surface area contributed by atoms with E-state index in [1.807, 2.05) is 26.0 Å². The average Bonchev–Trinajstić information content (AvgIpc) is 1.33. The molecule has 4 nitrogen and oxygen atoms in total. The average molecular weight is 140 g/mol. The Morgan fingerprint density at radius 1 is 1.22 bits per heavy atom. The third kappa shape index (κ3) is 10400. The Balaban J connectivity index is -0.0000000233. The maximum Gasteiger partial charge on any atom is 0.0402 e. The monoisotopic (exact) mass is 140 g/mol. The lowest BCUT2D eigenvalue weighted by Gasteiger charge is -1.90. The molecule has 0 amide bonds. The third-order valence-corrected chi connectivity index (χ3v) is 0. The second kappa shape index (κ2) is 24.9. The molecule has 0 aromatic rings. The first-order valence-corrected chi connectivity index (χ1v) is 2.36. The van der Waals surface area contributed by atoms with Crippen LogP contribution in [-0.4, -0.2) is 43.2 Å². The minimum atomic E-state index is 0. The maximum atomic E-state index is 7.57. The van der Waals surface area contributed by atoms with Gasteiger partial charge in [0.2, 0.25) is 0 Å². The van der Waals surface area contributed by atoms with Crippen LogP contribution in [0, 0.1) is 0 Å². The summed E-state index contributed by atoms with van der Waals surface area (Å²) in [5.41, 5.74) is 0. The van der Waals surface area contributed by atoms with Crippen molar-refractivity contribution in [3.63, 3.8) is 0 Å². The van der Waals surface area contributed by atoms with Gasteiger partial charge in [-0.15, -0.1) is 0 Å². The molecule has 0 bridgehead atoms. The van der Waals surface area contributed by atoms with Crippen LogP contribution in [0.3, 0.4) is 0 Å². The van der Waals surface area contributed by atoms with Gasteiger partial charge in [-0.1, -0.05) is 0 Å². The fourth-order valence-electron chi connectivity index (χ4n) is 0. The van der Waals surface area contributed by atoms with Crippen molar-refractivity contribution in [1.29, 1.82) is 0 Å². The first-order valence-electron chi connectivity index (χ1n) is 2.36. The predicted octanol–water partition coefficient (Wildman–Crippen LogP) is -0.486. The quantitative estimate of drug-likeness (QED) is 0.476. The highest BCUT2D eigenvalue weighted by Crippen LogP contribution is 1.47. The second-order valence-corrected chi connectivity index (χ2v) is 1.66. The molecule has 0 radical (unpaired) electrons. The Hall–Kier alpha value is -0.160. The van der Waals surface area contributed by atoms with E-state index < -0.39 is 0 Å². The molecule has 0 fully saturated rings. The van der Waals surface area contributed by atoms with Crippen molar-refractivity contribution >= 4 is 0 Å². The fraction of sp³-hybridized carbons (Fsp3) is 1.00. The number of hydrogen-bond donors (Lipinski definition) is 2. The zero-order valence-electron chi connectivity index (χ0n) is 6.81. The van der Waals surface area contributed by atoms with Crippen molar-refractivity contribution in [3.05, 3.63) is 0 Å². The van der Waals surface area contributed by atoms with E-state index in [2.05, 4.69) is 0 Å². The summed E-state index contributed by atoms with van der Waals surface area (Å²) in [5.74, 6) is 0. The standard InChI is InChI=1S/C3H9N.C2H6O.H3N.H2O/c1-4(2)3;1-2-3;;/h1-3H3;3H,2H2,1H3;1H3;1H2. The van der Waals surface area contributed by atoms with Crippen LogP contribution in [0.15, 0.2) is 0 Å². The molecule has 0 aliphatic heterocycles. The Kier molecular flexibility index (Phi) is 64.1. The smallest absolute Gasteiger partial charge is 0.0402 e.